The van der Waals surface area contributed by atoms with Crippen LogP contribution in [0.2, 0.25) is 0 Å². The molecule has 134 valence electrons. The molecule has 1 saturated heterocycles. The van der Waals surface area contributed by atoms with Gasteiger partial charge in [0.05, 0.1) is 28.0 Å². The third-order valence-corrected chi connectivity index (χ3v) is 5.55. The van der Waals surface area contributed by atoms with Crippen molar-refractivity contribution in [3.05, 3.63) is 45.9 Å². The Morgan fingerprint density at radius 1 is 1.08 bits per heavy atom. The van der Waals surface area contributed by atoms with Gasteiger partial charge in [-0.2, -0.15) is 0 Å². The number of rotatable bonds is 2. The van der Waals surface area contributed by atoms with Crippen molar-refractivity contribution in [2.45, 2.75) is 37.9 Å². The van der Waals surface area contributed by atoms with Crippen molar-refractivity contribution in [2.75, 3.05) is 0 Å². The summed E-state index contributed by atoms with van der Waals surface area (Å²) < 4.78 is 12.0. The highest BCUT2D eigenvalue weighted by molar-refractivity contribution is 5.62. The Morgan fingerprint density at radius 3 is 2.15 bits per heavy atom. The van der Waals surface area contributed by atoms with Crippen LogP contribution in [0.1, 0.15) is 37.8 Å². The first kappa shape index (κ1) is 15.3. The van der Waals surface area contributed by atoms with Crippen LogP contribution in [0.5, 0.6) is 11.8 Å². The van der Waals surface area contributed by atoms with Gasteiger partial charge in [-0.15, -0.1) is 0 Å². The Labute approximate surface area is 147 Å². The number of hydrogen-bond acceptors (Lipinski definition) is 6. The SMILES string of the molecule is C[C@]12CC[C@](C)(O1)c1c2c(O)n(-c2ccc(-c3noc(=O)[nH]3)cc2)c1O. The van der Waals surface area contributed by atoms with Gasteiger partial charge >= 0.3 is 5.76 Å². The first-order valence-electron chi connectivity index (χ1n) is 8.37. The van der Waals surface area contributed by atoms with Gasteiger partial charge < -0.3 is 14.9 Å². The number of ether oxygens (including phenoxy) is 1. The van der Waals surface area contributed by atoms with Crippen LogP contribution in [0.25, 0.3) is 17.1 Å². The standard InChI is InChI=1S/C18H17N3O5/c1-17-7-8-18(2,26-17)12-11(17)14(22)21(15(12)23)10-5-3-9(4-6-10)13-19-16(24)25-20-13/h3-6,22-23H,7-8H2,1-2H3,(H,19,20,24)/t17-,18+. The highest BCUT2D eigenvalue weighted by atomic mass is 16.5. The zero-order chi connectivity index (χ0) is 18.3. The second-order valence-electron chi connectivity index (χ2n) is 7.29. The summed E-state index contributed by atoms with van der Waals surface area (Å²) in [7, 11) is 0. The molecule has 26 heavy (non-hydrogen) atoms. The highest BCUT2D eigenvalue weighted by Gasteiger charge is 2.59. The molecule has 3 aromatic rings. The van der Waals surface area contributed by atoms with Gasteiger partial charge in [0.15, 0.2) is 5.82 Å². The fraction of sp³-hybridized carbons (Fsp3) is 0.333. The average molecular weight is 355 g/mol. The number of H-pyrrole nitrogens is 1. The van der Waals surface area contributed by atoms with Crippen LogP contribution in [0, 0.1) is 0 Å². The van der Waals surface area contributed by atoms with E-state index < -0.39 is 17.0 Å². The van der Waals surface area contributed by atoms with Crippen molar-refractivity contribution in [1.29, 1.82) is 0 Å². The zero-order valence-electron chi connectivity index (χ0n) is 14.2. The molecule has 4 heterocycles. The highest BCUT2D eigenvalue weighted by Crippen LogP contribution is 2.64. The fourth-order valence-electron chi connectivity index (χ4n) is 4.34. The Kier molecular flexibility index (Phi) is 2.69. The minimum Gasteiger partial charge on any atom is -0.494 e. The van der Waals surface area contributed by atoms with Gasteiger partial charge in [-0.1, -0.05) is 5.16 Å². The molecule has 0 radical (unpaired) electrons. The van der Waals surface area contributed by atoms with E-state index in [1.165, 1.54) is 4.57 Å². The number of fused-ring (bicyclic) bond motifs is 5. The van der Waals surface area contributed by atoms with Crippen molar-refractivity contribution >= 4 is 0 Å². The maximum atomic E-state index is 11.1. The average Bonchev–Trinajstić information content (AvgIpc) is 3.29. The lowest BCUT2D eigenvalue weighted by atomic mass is 9.80. The van der Waals surface area contributed by atoms with Gasteiger partial charge in [-0.25, -0.2) is 4.79 Å². The van der Waals surface area contributed by atoms with Gasteiger partial charge in [0.25, 0.3) is 0 Å². The lowest BCUT2D eigenvalue weighted by Crippen LogP contribution is -2.17. The van der Waals surface area contributed by atoms with Crippen LogP contribution in [0.15, 0.2) is 33.6 Å². The van der Waals surface area contributed by atoms with E-state index in [2.05, 4.69) is 14.7 Å². The molecule has 0 unspecified atom stereocenters. The number of nitrogens with zero attached hydrogens (tertiary/aromatic N) is 2. The Hall–Kier alpha value is -3.00. The molecule has 3 N–H and O–H groups in total. The summed E-state index contributed by atoms with van der Waals surface area (Å²) >= 11 is 0. The van der Waals surface area contributed by atoms with Gasteiger partial charge in [0, 0.05) is 5.56 Å². The van der Waals surface area contributed by atoms with E-state index in [0.717, 1.165) is 12.8 Å². The molecular weight excluding hydrogens is 338 g/mol. The summed E-state index contributed by atoms with van der Waals surface area (Å²) in [6.07, 6.45) is 1.60. The molecule has 8 heteroatoms. The third-order valence-electron chi connectivity index (χ3n) is 5.55. The van der Waals surface area contributed by atoms with E-state index in [4.69, 9.17) is 4.74 Å². The second kappa shape index (κ2) is 4.59. The smallest absolute Gasteiger partial charge is 0.439 e. The summed E-state index contributed by atoms with van der Waals surface area (Å²) in [5.74, 6) is -0.327. The Balaban J connectivity index is 1.64. The van der Waals surface area contributed by atoms with Crippen LogP contribution in [0.4, 0.5) is 0 Å². The lowest BCUT2D eigenvalue weighted by molar-refractivity contribution is -0.0683. The summed E-state index contributed by atoms with van der Waals surface area (Å²) in [6.45, 7) is 3.88. The minimum atomic E-state index is -0.627. The van der Waals surface area contributed by atoms with Crippen LogP contribution in [-0.4, -0.2) is 24.9 Å². The van der Waals surface area contributed by atoms with Crippen LogP contribution in [-0.2, 0) is 15.9 Å². The second-order valence-corrected chi connectivity index (χ2v) is 7.29. The van der Waals surface area contributed by atoms with Crippen LogP contribution < -0.4 is 5.76 Å². The number of aromatic nitrogens is 3. The predicted molar refractivity (Wildman–Crippen MR) is 90.2 cm³/mol. The zero-order valence-corrected chi connectivity index (χ0v) is 14.2. The molecule has 2 aliphatic heterocycles. The number of aromatic hydroxyl groups is 2. The molecule has 2 aliphatic rings. The minimum absolute atomic E-state index is 0.00832. The monoisotopic (exact) mass is 355 g/mol. The first-order valence-corrected chi connectivity index (χ1v) is 8.37. The van der Waals surface area contributed by atoms with E-state index in [0.29, 0.717) is 28.2 Å². The van der Waals surface area contributed by atoms with Crippen molar-refractivity contribution in [3.8, 4) is 28.8 Å². The summed E-state index contributed by atoms with van der Waals surface area (Å²) in [5.41, 5.74) is 1.40. The molecule has 1 fully saturated rings. The predicted octanol–water partition coefficient (Wildman–Crippen LogP) is 2.49. The quantitative estimate of drug-likeness (QED) is 0.651. The lowest BCUT2D eigenvalue weighted by Gasteiger charge is -2.21. The summed E-state index contributed by atoms with van der Waals surface area (Å²) in [4.78, 5) is 13.6. The van der Waals surface area contributed by atoms with Crippen LogP contribution in [0.3, 0.4) is 0 Å². The Bertz CT molecular complexity index is 1050. The van der Waals surface area contributed by atoms with Crippen molar-refractivity contribution in [1.82, 2.24) is 14.7 Å². The van der Waals surface area contributed by atoms with Crippen molar-refractivity contribution in [2.24, 2.45) is 0 Å². The number of aromatic amines is 1. The van der Waals surface area contributed by atoms with E-state index in [9.17, 15) is 15.0 Å². The fourth-order valence-corrected chi connectivity index (χ4v) is 4.34. The molecule has 8 nitrogen and oxygen atoms in total. The molecular formula is C18H17N3O5. The molecule has 5 rings (SSSR count). The summed E-state index contributed by atoms with van der Waals surface area (Å²) in [6, 6.07) is 6.90. The van der Waals surface area contributed by atoms with Gasteiger partial charge in [-0.3, -0.25) is 14.1 Å². The number of nitrogens with one attached hydrogen (secondary N) is 1. The molecule has 0 saturated carbocycles. The van der Waals surface area contributed by atoms with E-state index in [1.807, 2.05) is 13.8 Å². The van der Waals surface area contributed by atoms with Crippen molar-refractivity contribution < 1.29 is 19.5 Å². The molecule has 2 atom stereocenters. The normalized spacial score (nSPS) is 26.4. The van der Waals surface area contributed by atoms with E-state index in [1.54, 1.807) is 24.3 Å². The molecule has 2 bridgehead atoms. The maximum Gasteiger partial charge on any atom is 0.439 e. The molecule has 0 amide bonds. The maximum absolute atomic E-state index is 11.1. The van der Waals surface area contributed by atoms with Crippen molar-refractivity contribution in [3.63, 3.8) is 0 Å². The largest absolute Gasteiger partial charge is 0.494 e. The van der Waals surface area contributed by atoms with Gasteiger partial charge in [0.1, 0.15) is 0 Å². The molecule has 2 aromatic heterocycles. The number of hydrogen-bond donors (Lipinski definition) is 3. The Morgan fingerprint density at radius 2 is 1.65 bits per heavy atom. The van der Waals surface area contributed by atoms with Gasteiger partial charge in [-0.05, 0) is 51.0 Å². The molecule has 0 spiro atoms. The molecule has 0 aliphatic carbocycles. The van der Waals surface area contributed by atoms with Gasteiger partial charge in [0.2, 0.25) is 11.8 Å². The summed E-state index contributed by atoms with van der Waals surface area (Å²) in [5, 5.41) is 25.3. The first-order chi connectivity index (χ1) is 12.3. The topological polar surface area (TPSA) is 114 Å². The number of benzene rings is 1. The van der Waals surface area contributed by atoms with Crippen LogP contribution >= 0.6 is 0 Å². The molecule has 1 aromatic carbocycles. The van der Waals surface area contributed by atoms with E-state index in [-0.39, 0.29) is 11.8 Å². The van der Waals surface area contributed by atoms with E-state index >= 15 is 0 Å². The third kappa shape index (κ3) is 1.76.